The number of pyridine rings is 1. The molecule has 1 N–H and O–H groups in total. The second-order valence-corrected chi connectivity index (χ2v) is 2.26. The molecule has 0 aromatic carbocycles. The van der Waals surface area contributed by atoms with Crippen LogP contribution in [0.3, 0.4) is 0 Å². The third-order valence-corrected chi connectivity index (χ3v) is 1.51. The van der Waals surface area contributed by atoms with Crippen LogP contribution < -0.4 is 0 Å². The van der Waals surface area contributed by atoms with Gasteiger partial charge in [0, 0.05) is 6.20 Å². The number of nitrogens with zero attached hydrogens (tertiary/aromatic N) is 2. The summed E-state index contributed by atoms with van der Waals surface area (Å²) in [5.74, 6) is 0. The Kier molecular flexibility index (Phi) is 0.974. The predicted octanol–water partition coefficient (Wildman–Crippen LogP) is 1.27. The van der Waals surface area contributed by atoms with E-state index < -0.39 is 0 Å². The number of H-pyrrole nitrogens is 1. The number of nitrogens with one attached hydrogen (secondary N) is 1. The van der Waals surface area contributed by atoms with Crippen molar-refractivity contribution in [3.63, 3.8) is 0 Å². The Morgan fingerprint density at radius 1 is 1.40 bits per heavy atom. The van der Waals surface area contributed by atoms with Crippen molar-refractivity contribution in [1.29, 1.82) is 0 Å². The molecule has 2 rings (SSSR count). The molecular formula is C7H7N3. The van der Waals surface area contributed by atoms with Gasteiger partial charge in [-0.3, -0.25) is 4.98 Å². The molecule has 0 spiro atoms. The summed E-state index contributed by atoms with van der Waals surface area (Å²) in [7, 11) is 0. The standard InChI is InChI=1S/C7H7N3/c1-5-2-8-3-6-7(5)10-4-9-6/h2-4H,1H3,(H,9,10). The zero-order valence-corrected chi connectivity index (χ0v) is 5.63. The first-order valence-electron chi connectivity index (χ1n) is 3.11. The second-order valence-electron chi connectivity index (χ2n) is 2.26. The van der Waals surface area contributed by atoms with Gasteiger partial charge in [0.1, 0.15) is 0 Å². The average Bonchev–Trinajstić information content (AvgIpc) is 2.36. The van der Waals surface area contributed by atoms with E-state index in [0.29, 0.717) is 0 Å². The maximum Gasteiger partial charge on any atom is 0.0942 e. The van der Waals surface area contributed by atoms with Crippen LogP contribution in [0, 0.1) is 6.92 Å². The molecule has 0 fully saturated rings. The zero-order chi connectivity index (χ0) is 6.97. The second kappa shape index (κ2) is 1.80. The van der Waals surface area contributed by atoms with Crippen LogP contribution in [0.1, 0.15) is 5.56 Å². The largest absolute Gasteiger partial charge is 0.343 e. The lowest BCUT2D eigenvalue weighted by atomic mass is 10.3. The van der Waals surface area contributed by atoms with Gasteiger partial charge in [-0.1, -0.05) is 0 Å². The van der Waals surface area contributed by atoms with Gasteiger partial charge in [-0.25, -0.2) is 4.98 Å². The van der Waals surface area contributed by atoms with Crippen molar-refractivity contribution in [3.8, 4) is 0 Å². The van der Waals surface area contributed by atoms with E-state index >= 15 is 0 Å². The number of hydrogen-bond acceptors (Lipinski definition) is 2. The first kappa shape index (κ1) is 5.41. The zero-order valence-electron chi connectivity index (χ0n) is 5.63. The third-order valence-electron chi connectivity index (χ3n) is 1.51. The Hall–Kier alpha value is -1.38. The summed E-state index contributed by atoms with van der Waals surface area (Å²) in [6, 6.07) is 0. The van der Waals surface area contributed by atoms with Crippen LogP contribution in [0.4, 0.5) is 0 Å². The summed E-state index contributed by atoms with van der Waals surface area (Å²) in [6.45, 7) is 2.00. The fourth-order valence-corrected chi connectivity index (χ4v) is 1.00. The maximum atomic E-state index is 4.12. The molecule has 10 heavy (non-hydrogen) atoms. The van der Waals surface area contributed by atoms with Gasteiger partial charge in [0.05, 0.1) is 23.6 Å². The fourth-order valence-electron chi connectivity index (χ4n) is 1.00. The maximum absolute atomic E-state index is 4.12. The van der Waals surface area contributed by atoms with Gasteiger partial charge >= 0.3 is 0 Å². The Bertz CT molecular complexity index is 350. The number of imidazole rings is 1. The lowest BCUT2D eigenvalue weighted by molar-refractivity contribution is 1.29. The van der Waals surface area contributed by atoms with Crippen LogP contribution in [-0.4, -0.2) is 15.0 Å². The van der Waals surface area contributed by atoms with E-state index in [9.17, 15) is 0 Å². The Morgan fingerprint density at radius 3 is 3.10 bits per heavy atom. The molecule has 2 aromatic rings. The Labute approximate surface area is 58.1 Å². The van der Waals surface area contributed by atoms with Gasteiger partial charge in [0.15, 0.2) is 0 Å². The van der Waals surface area contributed by atoms with Crippen LogP contribution in [0.25, 0.3) is 11.0 Å². The highest BCUT2D eigenvalue weighted by Gasteiger charge is 1.96. The molecule has 0 radical (unpaired) electrons. The molecule has 0 amide bonds. The van der Waals surface area contributed by atoms with Gasteiger partial charge < -0.3 is 4.98 Å². The number of hydrogen-bond donors (Lipinski definition) is 1. The molecule has 0 saturated carbocycles. The molecule has 0 atom stereocenters. The van der Waals surface area contributed by atoms with Crippen molar-refractivity contribution < 1.29 is 0 Å². The van der Waals surface area contributed by atoms with E-state index in [-0.39, 0.29) is 0 Å². The summed E-state index contributed by atoms with van der Waals surface area (Å²) in [5, 5.41) is 0. The third kappa shape index (κ3) is 0.603. The van der Waals surface area contributed by atoms with Gasteiger partial charge in [0.2, 0.25) is 0 Å². The number of aromatic nitrogens is 3. The molecule has 2 aromatic heterocycles. The highest BCUT2D eigenvalue weighted by Crippen LogP contribution is 2.09. The van der Waals surface area contributed by atoms with Gasteiger partial charge in [-0.05, 0) is 12.5 Å². The minimum atomic E-state index is 1.00. The minimum Gasteiger partial charge on any atom is -0.343 e. The van der Waals surface area contributed by atoms with Crippen molar-refractivity contribution in [2.45, 2.75) is 6.92 Å². The molecular weight excluding hydrogens is 126 g/mol. The van der Waals surface area contributed by atoms with E-state index in [4.69, 9.17) is 0 Å². The summed E-state index contributed by atoms with van der Waals surface area (Å²) in [5.41, 5.74) is 3.12. The topological polar surface area (TPSA) is 41.6 Å². The predicted molar refractivity (Wildman–Crippen MR) is 38.6 cm³/mol. The molecule has 0 saturated heterocycles. The van der Waals surface area contributed by atoms with Gasteiger partial charge in [-0.2, -0.15) is 0 Å². The number of aryl methyl sites for hydroxylation is 1. The first-order valence-corrected chi connectivity index (χ1v) is 3.11. The molecule has 0 bridgehead atoms. The Morgan fingerprint density at radius 2 is 2.30 bits per heavy atom. The van der Waals surface area contributed by atoms with Crippen LogP contribution in [0.2, 0.25) is 0 Å². The van der Waals surface area contributed by atoms with E-state index in [1.165, 1.54) is 0 Å². The number of fused-ring (bicyclic) bond motifs is 1. The molecule has 3 nitrogen and oxygen atoms in total. The molecule has 0 aliphatic heterocycles. The summed E-state index contributed by atoms with van der Waals surface area (Å²) < 4.78 is 0. The highest BCUT2D eigenvalue weighted by molar-refractivity contribution is 5.76. The Balaban J connectivity index is 2.95. The van der Waals surface area contributed by atoms with Crippen molar-refractivity contribution in [2.24, 2.45) is 0 Å². The van der Waals surface area contributed by atoms with Gasteiger partial charge in [0.25, 0.3) is 0 Å². The molecule has 0 aliphatic rings. The lowest BCUT2D eigenvalue weighted by Gasteiger charge is -1.89. The minimum absolute atomic E-state index is 1.00. The normalized spacial score (nSPS) is 10.5. The molecule has 0 unspecified atom stereocenters. The SMILES string of the molecule is Cc1cncc2[nH]cnc12. The van der Waals surface area contributed by atoms with Crippen LogP contribution in [0.5, 0.6) is 0 Å². The van der Waals surface area contributed by atoms with Crippen LogP contribution in [-0.2, 0) is 0 Å². The summed E-state index contributed by atoms with van der Waals surface area (Å²) >= 11 is 0. The first-order chi connectivity index (χ1) is 4.88. The van der Waals surface area contributed by atoms with Crippen LogP contribution >= 0.6 is 0 Å². The molecule has 3 heteroatoms. The quantitative estimate of drug-likeness (QED) is 0.588. The van der Waals surface area contributed by atoms with E-state index in [1.54, 1.807) is 12.5 Å². The molecule has 2 heterocycles. The van der Waals surface area contributed by atoms with Crippen molar-refractivity contribution in [3.05, 3.63) is 24.3 Å². The van der Waals surface area contributed by atoms with E-state index in [2.05, 4.69) is 15.0 Å². The highest BCUT2D eigenvalue weighted by atomic mass is 14.9. The summed E-state index contributed by atoms with van der Waals surface area (Å²) in [4.78, 5) is 11.1. The number of rotatable bonds is 0. The fraction of sp³-hybridized carbons (Fsp3) is 0.143. The van der Waals surface area contributed by atoms with E-state index in [0.717, 1.165) is 16.6 Å². The average molecular weight is 133 g/mol. The molecule has 0 aliphatic carbocycles. The monoisotopic (exact) mass is 133 g/mol. The van der Waals surface area contributed by atoms with Gasteiger partial charge in [-0.15, -0.1) is 0 Å². The van der Waals surface area contributed by atoms with Crippen molar-refractivity contribution >= 4 is 11.0 Å². The number of aromatic amines is 1. The van der Waals surface area contributed by atoms with Crippen LogP contribution in [0.15, 0.2) is 18.7 Å². The lowest BCUT2D eigenvalue weighted by Crippen LogP contribution is -1.78. The smallest absolute Gasteiger partial charge is 0.0942 e. The van der Waals surface area contributed by atoms with Crippen molar-refractivity contribution in [1.82, 2.24) is 15.0 Å². The molecule has 50 valence electrons. The summed E-state index contributed by atoms with van der Waals surface area (Å²) in [6.07, 6.45) is 5.26. The van der Waals surface area contributed by atoms with Crippen molar-refractivity contribution in [2.75, 3.05) is 0 Å². The van der Waals surface area contributed by atoms with E-state index in [1.807, 2.05) is 13.1 Å².